The van der Waals surface area contributed by atoms with Crippen LogP contribution in [0.5, 0.6) is 11.5 Å². The lowest BCUT2D eigenvalue weighted by molar-refractivity contribution is -0.144. The number of aromatic nitrogens is 2. The van der Waals surface area contributed by atoms with Crippen molar-refractivity contribution >= 4 is 61.6 Å². The van der Waals surface area contributed by atoms with Gasteiger partial charge in [0, 0.05) is 20.4 Å². The quantitative estimate of drug-likeness (QED) is 0.230. The lowest BCUT2D eigenvalue weighted by Crippen LogP contribution is -2.24. The summed E-state index contributed by atoms with van der Waals surface area (Å²) in [6.45, 7) is 1.40. The smallest absolute Gasteiger partial charge is 0.344 e. The van der Waals surface area contributed by atoms with Crippen molar-refractivity contribution in [2.24, 2.45) is 5.10 Å². The summed E-state index contributed by atoms with van der Waals surface area (Å²) < 4.78 is 18.8. The number of benzene rings is 3. The maximum Gasteiger partial charge on any atom is 0.344 e. The van der Waals surface area contributed by atoms with Gasteiger partial charge in [0.2, 0.25) is 5.82 Å². The average Bonchev–Trinajstić information content (AvgIpc) is 3.32. The van der Waals surface area contributed by atoms with Crippen LogP contribution in [0, 0.1) is 0 Å². The van der Waals surface area contributed by atoms with Gasteiger partial charge < -0.3 is 19.0 Å². The van der Waals surface area contributed by atoms with Crippen LogP contribution in [-0.2, 0) is 4.79 Å². The second-order valence-corrected chi connectivity index (χ2v) is 9.58. The largest absolute Gasteiger partial charge is 0.493 e. The fourth-order valence-corrected chi connectivity index (χ4v) is 4.46. The van der Waals surface area contributed by atoms with Crippen molar-refractivity contribution in [3.63, 3.8) is 0 Å². The molecule has 5 aromatic rings. The minimum absolute atomic E-state index is 0.149. The van der Waals surface area contributed by atoms with Gasteiger partial charge in [0.05, 0.1) is 24.2 Å². The number of carbonyl (C=O) groups is 1. The number of nitrogens with zero attached hydrogens (tertiary/aromatic N) is 3. The molecule has 0 amide bonds. The molecule has 1 atom stereocenters. The first-order valence-electron chi connectivity index (χ1n) is 11.3. The van der Waals surface area contributed by atoms with E-state index in [0.717, 1.165) is 10.1 Å². The molecule has 1 N–H and O–H groups in total. The van der Waals surface area contributed by atoms with E-state index in [1.54, 1.807) is 60.7 Å². The molecule has 0 bridgehead atoms. The highest BCUT2D eigenvalue weighted by molar-refractivity contribution is 9.10. The summed E-state index contributed by atoms with van der Waals surface area (Å²) in [5.74, 6) is -0.242. The Hall–Kier alpha value is -4.15. The van der Waals surface area contributed by atoms with E-state index in [9.17, 15) is 14.7 Å². The van der Waals surface area contributed by atoms with Crippen LogP contribution in [0.2, 0.25) is 5.02 Å². The van der Waals surface area contributed by atoms with Gasteiger partial charge in [-0.15, -0.1) is 0 Å². The van der Waals surface area contributed by atoms with Crippen LogP contribution >= 0.6 is 27.5 Å². The Labute approximate surface area is 229 Å². The van der Waals surface area contributed by atoms with Gasteiger partial charge >= 0.3 is 5.97 Å². The van der Waals surface area contributed by atoms with E-state index in [1.165, 1.54) is 20.2 Å². The molecule has 5 rings (SSSR count). The highest BCUT2D eigenvalue weighted by Crippen LogP contribution is 2.35. The monoisotopic (exact) mass is 595 g/mol. The standard InChI is InChI=1S/C27H19BrClN3O6/c1-14(27(34)35)37-24-16(9-17(28)12-22(24)36-2)13-30-32-25(31-20-6-4-3-5-19(20)26(32)33)23-11-15-10-18(29)7-8-21(15)38-23/h3-14H,1-2H3,(H,34,35)/t14-/m1/s1. The van der Waals surface area contributed by atoms with E-state index in [4.69, 9.17) is 25.5 Å². The fraction of sp³-hybridized carbons (Fsp3) is 0.111. The number of methoxy groups -OCH3 is 1. The van der Waals surface area contributed by atoms with Gasteiger partial charge in [-0.2, -0.15) is 9.78 Å². The summed E-state index contributed by atoms with van der Waals surface area (Å²) in [5.41, 5.74) is 0.980. The molecule has 0 fully saturated rings. The van der Waals surface area contributed by atoms with Crippen LogP contribution < -0.4 is 15.0 Å². The number of aliphatic carboxylic acids is 1. The molecule has 0 saturated carbocycles. The number of halogens is 2. The summed E-state index contributed by atoms with van der Waals surface area (Å²) in [7, 11) is 1.44. The van der Waals surface area contributed by atoms with Crippen molar-refractivity contribution in [3.05, 3.63) is 86.1 Å². The molecular weight excluding hydrogens is 578 g/mol. The molecule has 0 aliphatic carbocycles. The van der Waals surface area contributed by atoms with Crippen molar-refractivity contribution in [2.45, 2.75) is 13.0 Å². The van der Waals surface area contributed by atoms with Crippen LogP contribution in [-0.4, -0.2) is 40.2 Å². The van der Waals surface area contributed by atoms with E-state index in [2.05, 4.69) is 26.0 Å². The minimum Gasteiger partial charge on any atom is -0.493 e. The van der Waals surface area contributed by atoms with Crippen LogP contribution in [0.3, 0.4) is 0 Å². The fourth-order valence-electron chi connectivity index (χ4n) is 3.82. The van der Waals surface area contributed by atoms with Crippen molar-refractivity contribution < 1.29 is 23.8 Å². The van der Waals surface area contributed by atoms with Gasteiger partial charge in [0.25, 0.3) is 5.56 Å². The van der Waals surface area contributed by atoms with Gasteiger partial charge in [-0.1, -0.05) is 39.7 Å². The number of ether oxygens (including phenoxy) is 2. The lowest BCUT2D eigenvalue weighted by atomic mass is 10.2. The third-order valence-electron chi connectivity index (χ3n) is 5.68. The van der Waals surface area contributed by atoms with Gasteiger partial charge in [-0.05, 0) is 55.5 Å². The average molecular weight is 597 g/mol. The molecule has 0 aliphatic heterocycles. The van der Waals surface area contributed by atoms with Gasteiger partial charge in [-0.3, -0.25) is 4.79 Å². The van der Waals surface area contributed by atoms with E-state index < -0.39 is 17.6 Å². The van der Waals surface area contributed by atoms with E-state index in [-0.39, 0.29) is 17.3 Å². The number of furan rings is 1. The zero-order valence-electron chi connectivity index (χ0n) is 20.0. The zero-order chi connectivity index (χ0) is 27.0. The van der Waals surface area contributed by atoms with Gasteiger partial charge in [0.1, 0.15) is 5.58 Å². The normalized spacial score (nSPS) is 12.3. The molecule has 3 aromatic carbocycles. The van der Waals surface area contributed by atoms with Crippen LogP contribution in [0.4, 0.5) is 0 Å². The van der Waals surface area contributed by atoms with Gasteiger partial charge in [-0.25, -0.2) is 9.78 Å². The molecule has 38 heavy (non-hydrogen) atoms. The maximum atomic E-state index is 13.6. The summed E-state index contributed by atoms with van der Waals surface area (Å²) in [5, 5.41) is 15.4. The Bertz CT molecular complexity index is 1800. The maximum absolute atomic E-state index is 13.6. The highest BCUT2D eigenvalue weighted by Gasteiger charge is 2.20. The molecule has 0 radical (unpaired) electrons. The Morgan fingerprint density at radius 3 is 2.76 bits per heavy atom. The third-order valence-corrected chi connectivity index (χ3v) is 6.37. The predicted molar refractivity (Wildman–Crippen MR) is 148 cm³/mol. The summed E-state index contributed by atoms with van der Waals surface area (Å²) in [6, 6.07) is 17.1. The number of hydrogen-bond acceptors (Lipinski definition) is 7. The summed E-state index contributed by atoms with van der Waals surface area (Å²) >= 11 is 9.55. The van der Waals surface area contributed by atoms with E-state index in [0.29, 0.717) is 37.3 Å². The number of carboxylic acids is 1. The highest BCUT2D eigenvalue weighted by atomic mass is 79.9. The first kappa shape index (κ1) is 25.5. The van der Waals surface area contributed by atoms with E-state index in [1.807, 2.05) is 0 Å². The Morgan fingerprint density at radius 2 is 2.00 bits per heavy atom. The molecule has 0 aliphatic rings. The predicted octanol–water partition coefficient (Wildman–Crippen LogP) is 5.97. The lowest BCUT2D eigenvalue weighted by Gasteiger charge is -2.16. The number of hydrogen-bond donors (Lipinski definition) is 1. The van der Waals surface area contributed by atoms with Crippen LogP contribution in [0.1, 0.15) is 12.5 Å². The number of carboxylic acid groups (broad SMARTS) is 1. The minimum atomic E-state index is -1.17. The Balaban J connectivity index is 1.71. The van der Waals surface area contributed by atoms with E-state index >= 15 is 0 Å². The molecular formula is C27H19BrClN3O6. The first-order chi connectivity index (χ1) is 18.2. The third kappa shape index (κ3) is 4.88. The molecule has 11 heteroatoms. The number of para-hydroxylation sites is 1. The molecule has 2 heterocycles. The van der Waals surface area contributed by atoms with Crippen molar-refractivity contribution in [2.75, 3.05) is 7.11 Å². The SMILES string of the molecule is COc1cc(Br)cc(C=Nn2c(-c3cc4cc(Cl)ccc4o3)nc3ccccc3c2=O)c1O[C@H](C)C(=O)O. The molecule has 0 spiro atoms. The second kappa shape index (κ2) is 10.3. The van der Waals surface area contributed by atoms with Crippen LogP contribution in [0.15, 0.2) is 79.4 Å². The van der Waals surface area contributed by atoms with Crippen molar-refractivity contribution in [1.82, 2.24) is 9.66 Å². The first-order valence-corrected chi connectivity index (χ1v) is 12.4. The Kier molecular flexibility index (Phi) is 6.92. The molecule has 192 valence electrons. The molecule has 0 unspecified atom stereocenters. The summed E-state index contributed by atoms with van der Waals surface area (Å²) in [4.78, 5) is 29.7. The van der Waals surface area contributed by atoms with Crippen LogP contribution in [0.25, 0.3) is 33.5 Å². The number of rotatable bonds is 7. The van der Waals surface area contributed by atoms with Crippen molar-refractivity contribution in [3.8, 4) is 23.1 Å². The Morgan fingerprint density at radius 1 is 1.21 bits per heavy atom. The molecule has 2 aromatic heterocycles. The number of fused-ring (bicyclic) bond motifs is 2. The molecule has 0 saturated heterocycles. The van der Waals surface area contributed by atoms with Crippen molar-refractivity contribution in [1.29, 1.82) is 0 Å². The second-order valence-electron chi connectivity index (χ2n) is 8.23. The zero-order valence-corrected chi connectivity index (χ0v) is 22.4. The topological polar surface area (TPSA) is 116 Å². The molecule has 9 nitrogen and oxygen atoms in total. The summed E-state index contributed by atoms with van der Waals surface area (Å²) in [6.07, 6.45) is 0.207. The van der Waals surface area contributed by atoms with Gasteiger partial charge in [0.15, 0.2) is 23.4 Å².